The Kier molecular flexibility index (Phi) is 4.08. The summed E-state index contributed by atoms with van der Waals surface area (Å²) in [6.07, 6.45) is 9.75. The molecule has 0 spiro atoms. The van der Waals surface area contributed by atoms with Crippen LogP contribution >= 0.6 is 0 Å². The van der Waals surface area contributed by atoms with Crippen molar-refractivity contribution in [3.05, 3.63) is 0 Å². The van der Waals surface area contributed by atoms with Crippen molar-refractivity contribution in [3.8, 4) is 0 Å². The Morgan fingerprint density at radius 3 is 2.35 bits per heavy atom. The Bertz CT molecular complexity index is 263. The van der Waals surface area contributed by atoms with E-state index >= 15 is 0 Å². The molecule has 1 aliphatic heterocycles. The predicted molar refractivity (Wildman–Crippen MR) is 69.9 cm³/mol. The summed E-state index contributed by atoms with van der Waals surface area (Å²) in [5, 5.41) is 3.38. The van der Waals surface area contributed by atoms with E-state index in [0.717, 1.165) is 19.4 Å². The Morgan fingerprint density at radius 1 is 1.18 bits per heavy atom. The van der Waals surface area contributed by atoms with E-state index < -0.39 is 0 Å². The molecule has 1 atom stereocenters. The van der Waals surface area contributed by atoms with E-state index in [-0.39, 0.29) is 5.54 Å². The van der Waals surface area contributed by atoms with Gasteiger partial charge >= 0.3 is 0 Å². The Balaban J connectivity index is 1.97. The molecule has 2 fully saturated rings. The number of likely N-dealkylation sites (N-methyl/N-ethyl adjacent to an activating group) is 1. The highest BCUT2D eigenvalue weighted by Gasteiger charge is 2.39. The summed E-state index contributed by atoms with van der Waals surface area (Å²) in [5.41, 5.74) is -0.291. The molecule has 3 heteroatoms. The summed E-state index contributed by atoms with van der Waals surface area (Å²) < 4.78 is 0. The number of carbonyl (C=O) groups excluding carboxylic acids is 1. The zero-order valence-corrected chi connectivity index (χ0v) is 11.3. The number of nitrogens with one attached hydrogen (secondary N) is 1. The van der Waals surface area contributed by atoms with Gasteiger partial charge in [-0.2, -0.15) is 0 Å². The van der Waals surface area contributed by atoms with Gasteiger partial charge in [-0.1, -0.05) is 25.7 Å². The second kappa shape index (κ2) is 5.38. The molecule has 0 bridgehead atoms. The molecule has 1 heterocycles. The van der Waals surface area contributed by atoms with Crippen LogP contribution in [0.15, 0.2) is 0 Å². The number of amides is 1. The van der Waals surface area contributed by atoms with E-state index in [1.165, 1.54) is 38.5 Å². The molecule has 17 heavy (non-hydrogen) atoms. The van der Waals surface area contributed by atoms with Gasteiger partial charge in [0.05, 0.1) is 5.54 Å². The van der Waals surface area contributed by atoms with Crippen molar-refractivity contribution < 1.29 is 4.79 Å². The van der Waals surface area contributed by atoms with Crippen LogP contribution in [0.1, 0.15) is 58.3 Å². The van der Waals surface area contributed by atoms with Crippen molar-refractivity contribution in [2.24, 2.45) is 0 Å². The highest BCUT2D eigenvalue weighted by molar-refractivity contribution is 5.86. The van der Waals surface area contributed by atoms with Crippen molar-refractivity contribution in [3.63, 3.8) is 0 Å². The lowest BCUT2D eigenvalue weighted by Gasteiger charge is -2.34. The number of hydrogen-bond donors (Lipinski definition) is 1. The highest BCUT2D eigenvalue weighted by Crippen LogP contribution is 2.26. The summed E-state index contributed by atoms with van der Waals surface area (Å²) >= 11 is 0. The van der Waals surface area contributed by atoms with Crippen molar-refractivity contribution in [2.75, 3.05) is 13.6 Å². The quantitative estimate of drug-likeness (QED) is 0.749. The SMILES string of the molecule is CN(C(=O)C1(C)CCCN1)C1CCCCCC1. The molecule has 1 saturated heterocycles. The van der Waals surface area contributed by atoms with E-state index in [9.17, 15) is 4.79 Å². The van der Waals surface area contributed by atoms with Gasteiger partial charge < -0.3 is 10.2 Å². The van der Waals surface area contributed by atoms with E-state index in [0.29, 0.717) is 11.9 Å². The van der Waals surface area contributed by atoms with Gasteiger partial charge in [0.15, 0.2) is 0 Å². The summed E-state index contributed by atoms with van der Waals surface area (Å²) in [5.74, 6) is 0.307. The monoisotopic (exact) mass is 238 g/mol. The van der Waals surface area contributed by atoms with Crippen molar-refractivity contribution in [1.29, 1.82) is 0 Å². The van der Waals surface area contributed by atoms with Gasteiger partial charge in [-0.3, -0.25) is 4.79 Å². The van der Waals surface area contributed by atoms with Crippen LogP contribution in [0.2, 0.25) is 0 Å². The molecule has 0 aromatic carbocycles. The average Bonchev–Trinajstić information content (AvgIpc) is 2.62. The van der Waals surface area contributed by atoms with Gasteiger partial charge in [0, 0.05) is 13.1 Å². The third-order valence-electron chi connectivity index (χ3n) is 4.53. The molecule has 0 radical (unpaired) electrons. The maximum Gasteiger partial charge on any atom is 0.242 e. The molecule has 1 N–H and O–H groups in total. The van der Waals surface area contributed by atoms with Crippen LogP contribution in [0.5, 0.6) is 0 Å². The molecule has 0 aromatic rings. The van der Waals surface area contributed by atoms with Crippen LogP contribution in [0.25, 0.3) is 0 Å². The zero-order chi connectivity index (χ0) is 12.3. The molecule has 0 aromatic heterocycles. The van der Waals surface area contributed by atoms with Crippen LogP contribution in [-0.2, 0) is 4.79 Å². The molecule has 1 saturated carbocycles. The lowest BCUT2D eigenvalue weighted by Crippen LogP contribution is -2.54. The first-order valence-electron chi connectivity index (χ1n) is 7.16. The minimum Gasteiger partial charge on any atom is -0.341 e. The second-order valence-corrected chi connectivity index (χ2v) is 5.92. The lowest BCUT2D eigenvalue weighted by atomic mass is 9.96. The van der Waals surface area contributed by atoms with Crippen molar-refractivity contribution >= 4 is 5.91 Å². The first-order valence-corrected chi connectivity index (χ1v) is 7.16. The maximum absolute atomic E-state index is 12.5. The van der Waals surface area contributed by atoms with Gasteiger partial charge in [-0.25, -0.2) is 0 Å². The fourth-order valence-corrected chi connectivity index (χ4v) is 3.28. The molecule has 2 aliphatic rings. The van der Waals surface area contributed by atoms with Crippen molar-refractivity contribution in [1.82, 2.24) is 10.2 Å². The number of carbonyl (C=O) groups is 1. The van der Waals surface area contributed by atoms with Crippen LogP contribution in [0.4, 0.5) is 0 Å². The number of hydrogen-bond acceptors (Lipinski definition) is 2. The standard InChI is InChI=1S/C14H26N2O/c1-14(10-7-11-15-14)13(17)16(2)12-8-5-3-4-6-9-12/h12,15H,3-11H2,1-2H3. The fourth-order valence-electron chi connectivity index (χ4n) is 3.28. The normalized spacial score (nSPS) is 31.2. The smallest absolute Gasteiger partial charge is 0.242 e. The van der Waals surface area contributed by atoms with Crippen LogP contribution in [0.3, 0.4) is 0 Å². The topological polar surface area (TPSA) is 32.3 Å². The molecular weight excluding hydrogens is 212 g/mol. The third-order valence-corrected chi connectivity index (χ3v) is 4.53. The summed E-state index contributed by atoms with van der Waals surface area (Å²) in [6.45, 7) is 3.05. The van der Waals surface area contributed by atoms with E-state index in [1.54, 1.807) is 0 Å². The highest BCUT2D eigenvalue weighted by atomic mass is 16.2. The van der Waals surface area contributed by atoms with Crippen LogP contribution in [-0.4, -0.2) is 36.0 Å². The minimum atomic E-state index is -0.291. The van der Waals surface area contributed by atoms with Gasteiger partial charge in [0.1, 0.15) is 0 Å². The third kappa shape index (κ3) is 2.82. The molecule has 1 unspecified atom stereocenters. The fraction of sp³-hybridized carbons (Fsp3) is 0.929. The average molecular weight is 238 g/mol. The predicted octanol–water partition coefficient (Wildman–Crippen LogP) is 2.31. The molecule has 1 aliphatic carbocycles. The Labute approximate surface area is 105 Å². The maximum atomic E-state index is 12.5. The first-order chi connectivity index (χ1) is 8.13. The van der Waals surface area contributed by atoms with Gasteiger partial charge in [-0.15, -0.1) is 0 Å². The second-order valence-electron chi connectivity index (χ2n) is 5.92. The molecule has 1 amide bonds. The van der Waals surface area contributed by atoms with E-state index in [4.69, 9.17) is 0 Å². The Morgan fingerprint density at radius 2 is 1.82 bits per heavy atom. The van der Waals surface area contributed by atoms with Crippen molar-refractivity contribution in [2.45, 2.75) is 69.9 Å². The van der Waals surface area contributed by atoms with Gasteiger partial charge in [0.25, 0.3) is 0 Å². The molecular formula is C14H26N2O. The minimum absolute atomic E-state index is 0.291. The molecule has 98 valence electrons. The summed E-state index contributed by atoms with van der Waals surface area (Å²) in [6, 6.07) is 0.476. The summed E-state index contributed by atoms with van der Waals surface area (Å²) in [4.78, 5) is 14.6. The zero-order valence-electron chi connectivity index (χ0n) is 11.3. The van der Waals surface area contributed by atoms with Gasteiger partial charge in [0.2, 0.25) is 5.91 Å². The van der Waals surface area contributed by atoms with Gasteiger partial charge in [-0.05, 0) is 39.2 Å². The molecule has 3 nitrogen and oxygen atoms in total. The largest absolute Gasteiger partial charge is 0.341 e. The van der Waals surface area contributed by atoms with E-state index in [1.807, 2.05) is 11.9 Å². The van der Waals surface area contributed by atoms with Crippen LogP contribution in [0, 0.1) is 0 Å². The van der Waals surface area contributed by atoms with E-state index in [2.05, 4.69) is 12.2 Å². The number of rotatable bonds is 2. The molecule has 2 rings (SSSR count). The first kappa shape index (κ1) is 12.9. The number of nitrogens with zero attached hydrogens (tertiary/aromatic N) is 1. The lowest BCUT2D eigenvalue weighted by molar-refractivity contribution is -0.138. The summed E-state index contributed by atoms with van der Waals surface area (Å²) in [7, 11) is 2.00. The Hall–Kier alpha value is -0.570. The van der Waals surface area contributed by atoms with Crippen LogP contribution < -0.4 is 5.32 Å².